The summed E-state index contributed by atoms with van der Waals surface area (Å²) in [6.45, 7) is 6.27. The molecule has 0 aliphatic carbocycles. The number of benzene rings is 2. The minimum Gasteiger partial charge on any atom is -0.473 e. The van der Waals surface area contributed by atoms with Gasteiger partial charge in [0.25, 0.3) is 0 Å². The first-order valence-electron chi connectivity index (χ1n) is 13.1. The summed E-state index contributed by atoms with van der Waals surface area (Å²) in [6, 6.07) is 10.9. The van der Waals surface area contributed by atoms with Crippen LogP contribution in [0.25, 0.3) is 22.1 Å². The zero-order valence-corrected chi connectivity index (χ0v) is 24.7. The number of H-pyrrole nitrogens is 2. The Labute approximate surface area is 253 Å². The van der Waals surface area contributed by atoms with E-state index in [0.717, 1.165) is 36.9 Å². The van der Waals surface area contributed by atoms with Gasteiger partial charge in [-0.3, -0.25) is 9.47 Å². The molecule has 0 atom stereocenters. The van der Waals surface area contributed by atoms with Crippen LogP contribution in [0.2, 0.25) is 5.02 Å². The van der Waals surface area contributed by atoms with Gasteiger partial charge in [-0.1, -0.05) is 37.6 Å². The van der Waals surface area contributed by atoms with Crippen LogP contribution in [-0.4, -0.2) is 42.7 Å². The molecule has 14 heteroatoms. The lowest BCUT2D eigenvalue weighted by molar-refractivity contribution is 0.167. The van der Waals surface area contributed by atoms with Crippen molar-refractivity contribution in [1.29, 1.82) is 0 Å². The summed E-state index contributed by atoms with van der Waals surface area (Å²) < 4.78 is 56.9. The number of aromatic nitrogens is 6. The average molecular weight is 631 g/mol. The van der Waals surface area contributed by atoms with E-state index < -0.39 is 23.1 Å². The zero-order chi connectivity index (χ0) is 30.6. The van der Waals surface area contributed by atoms with E-state index in [1.165, 1.54) is 36.8 Å². The Morgan fingerprint density at radius 1 is 1.02 bits per heavy atom. The molecule has 2 aromatic carbocycles. The number of rotatable bonds is 7. The van der Waals surface area contributed by atoms with E-state index in [9.17, 15) is 18.0 Å². The molecule has 1 aliphatic rings. The Hall–Kier alpha value is -4.07. The third kappa shape index (κ3) is 7.86. The van der Waals surface area contributed by atoms with Crippen molar-refractivity contribution in [2.45, 2.75) is 33.3 Å². The van der Waals surface area contributed by atoms with Gasteiger partial charge in [0, 0.05) is 35.2 Å². The quantitative estimate of drug-likeness (QED) is 0.215. The molecule has 0 amide bonds. The van der Waals surface area contributed by atoms with Crippen molar-refractivity contribution in [2.75, 3.05) is 13.2 Å². The van der Waals surface area contributed by atoms with E-state index in [1.807, 2.05) is 0 Å². The van der Waals surface area contributed by atoms with Gasteiger partial charge in [0.05, 0.1) is 12.3 Å². The minimum atomic E-state index is -0.704. The van der Waals surface area contributed by atoms with Gasteiger partial charge in [0.2, 0.25) is 11.7 Å². The standard InChI is InChI=1S/C23H14ClF3N6O2S.C6H12O/c24-13-5-4-11(15(25)8-13)10-35-20-3-1-2-18(28-20)14-9-16(26)12(6-17(14)27)7-19-29-21(32-31-19)22-30-23(34)33-36-22;1-6(2)3-4-7-5-6/h1-6,8-9H,7,10H2,(H,33,34)(H,29,31,32);3-5H2,1-2H3. The molecule has 1 saturated heterocycles. The van der Waals surface area contributed by atoms with Gasteiger partial charge in [-0.15, -0.1) is 0 Å². The maximum Gasteiger partial charge on any atom is 0.355 e. The summed E-state index contributed by atoms with van der Waals surface area (Å²) in [5.41, 5.74) is 0.330. The maximum absolute atomic E-state index is 15.0. The first kappa shape index (κ1) is 30.4. The van der Waals surface area contributed by atoms with Crippen molar-refractivity contribution in [3.63, 3.8) is 0 Å². The molecule has 9 nitrogen and oxygen atoms in total. The molecule has 2 N–H and O–H groups in total. The zero-order valence-electron chi connectivity index (χ0n) is 23.1. The molecule has 0 radical (unpaired) electrons. The SMILES string of the molecule is CC1(C)CCOC1.O=c1nc(-c2n[nH]c(Cc3cc(F)c(-c4cccc(OCc5ccc(Cl)cc5F)n4)cc3F)n2)s[nH]1. The third-order valence-corrected chi connectivity index (χ3v) is 7.44. The number of aromatic amines is 2. The van der Waals surface area contributed by atoms with Crippen molar-refractivity contribution in [2.24, 2.45) is 5.41 Å². The van der Waals surface area contributed by atoms with Crippen molar-refractivity contribution in [3.05, 3.63) is 98.4 Å². The largest absolute Gasteiger partial charge is 0.473 e. The van der Waals surface area contributed by atoms with Crippen LogP contribution < -0.4 is 10.4 Å². The van der Waals surface area contributed by atoms with Crippen LogP contribution in [-0.2, 0) is 17.8 Å². The molecule has 43 heavy (non-hydrogen) atoms. The topological polar surface area (TPSA) is 119 Å². The molecule has 5 aromatic rings. The Kier molecular flexibility index (Phi) is 9.23. The minimum absolute atomic E-state index is 0.0415. The summed E-state index contributed by atoms with van der Waals surface area (Å²) in [5.74, 6) is -1.36. The summed E-state index contributed by atoms with van der Waals surface area (Å²) in [5, 5.41) is 7.12. The molecular weight excluding hydrogens is 605 g/mol. The second-order valence-electron chi connectivity index (χ2n) is 10.5. The Morgan fingerprint density at radius 3 is 2.51 bits per heavy atom. The lowest BCUT2D eigenvalue weighted by Gasteiger charge is -2.11. The van der Waals surface area contributed by atoms with Crippen LogP contribution in [0.15, 0.2) is 53.3 Å². The molecule has 1 fully saturated rings. The van der Waals surface area contributed by atoms with Gasteiger partial charge in [-0.05, 0) is 59.3 Å². The fourth-order valence-electron chi connectivity index (χ4n) is 4.10. The normalized spacial score (nSPS) is 13.9. The van der Waals surface area contributed by atoms with Gasteiger partial charge >= 0.3 is 5.69 Å². The van der Waals surface area contributed by atoms with Gasteiger partial charge in [-0.25, -0.2) is 27.9 Å². The summed E-state index contributed by atoms with van der Waals surface area (Å²) in [4.78, 5) is 23.3. The van der Waals surface area contributed by atoms with E-state index in [2.05, 4.69) is 43.4 Å². The number of hydrogen-bond donors (Lipinski definition) is 2. The van der Waals surface area contributed by atoms with Gasteiger partial charge in [0.15, 0.2) is 5.01 Å². The number of ether oxygens (including phenoxy) is 2. The second-order valence-corrected chi connectivity index (χ2v) is 11.7. The monoisotopic (exact) mass is 630 g/mol. The van der Waals surface area contributed by atoms with E-state index in [-0.39, 0.29) is 63.0 Å². The second kappa shape index (κ2) is 13.1. The predicted molar refractivity (Wildman–Crippen MR) is 155 cm³/mol. The third-order valence-electron chi connectivity index (χ3n) is 6.46. The maximum atomic E-state index is 15.0. The number of pyridine rings is 1. The molecule has 4 heterocycles. The van der Waals surface area contributed by atoms with Crippen molar-refractivity contribution in [3.8, 4) is 28.0 Å². The van der Waals surface area contributed by atoms with E-state index >= 15 is 0 Å². The molecule has 0 unspecified atom stereocenters. The highest BCUT2D eigenvalue weighted by Gasteiger charge is 2.23. The highest BCUT2D eigenvalue weighted by molar-refractivity contribution is 7.08. The summed E-state index contributed by atoms with van der Waals surface area (Å²) in [7, 11) is 0. The van der Waals surface area contributed by atoms with Crippen molar-refractivity contribution >= 4 is 23.1 Å². The fraction of sp³-hybridized carbons (Fsp3) is 0.276. The smallest absolute Gasteiger partial charge is 0.355 e. The molecule has 0 spiro atoms. The highest BCUT2D eigenvalue weighted by Crippen LogP contribution is 2.28. The van der Waals surface area contributed by atoms with Crippen LogP contribution in [0.5, 0.6) is 5.88 Å². The molecule has 224 valence electrons. The average Bonchev–Trinajstić information content (AvgIpc) is 3.72. The van der Waals surface area contributed by atoms with Crippen molar-refractivity contribution in [1.82, 2.24) is 29.5 Å². The van der Waals surface area contributed by atoms with Crippen LogP contribution >= 0.6 is 23.1 Å². The Bertz CT molecular complexity index is 1780. The van der Waals surface area contributed by atoms with Gasteiger partial charge < -0.3 is 9.47 Å². The van der Waals surface area contributed by atoms with Crippen LogP contribution in [0.3, 0.4) is 0 Å². The molecular formula is C29H26ClF3N6O3S. The molecule has 3 aromatic heterocycles. The predicted octanol–water partition coefficient (Wildman–Crippen LogP) is 6.35. The van der Waals surface area contributed by atoms with Gasteiger partial charge in [-0.2, -0.15) is 10.1 Å². The van der Waals surface area contributed by atoms with Crippen LogP contribution in [0, 0.1) is 22.9 Å². The Morgan fingerprint density at radius 2 is 1.84 bits per heavy atom. The number of nitrogens with zero attached hydrogens (tertiary/aromatic N) is 4. The molecule has 0 bridgehead atoms. The number of hydrogen-bond acceptors (Lipinski definition) is 8. The van der Waals surface area contributed by atoms with Crippen LogP contribution in [0.1, 0.15) is 37.2 Å². The van der Waals surface area contributed by atoms with Crippen LogP contribution in [0.4, 0.5) is 13.2 Å². The van der Waals surface area contributed by atoms with E-state index in [1.54, 1.807) is 6.07 Å². The van der Waals surface area contributed by atoms with E-state index in [4.69, 9.17) is 21.1 Å². The first-order valence-corrected chi connectivity index (χ1v) is 14.3. The number of halogens is 4. The van der Waals surface area contributed by atoms with E-state index in [0.29, 0.717) is 5.41 Å². The lowest BCUT2D eigenvalue weighted by Crippen LogP contribution is -2.08. The lowest BCUT2D eigenvalue weighted by atomic mass is 9.94. The fourth-order valence-corrected chi connectivity index (χ4v) is 4.80. The molecule has 1 aliphatic heterocycles. The summed E-state index contributed by atoms with van der Waals surface area (Å²) >= 11 is 6.72. The Balaban J connectivity index is 0.000000463. The molecule has 0 saturated carbocycles. The first-order chi connectivity index (χ1) is 20.6. The molecule has 6 rings (SSSR count). The summed E-state index contributed by atoms with van der Waals surface area (Å²) in [6.07, 6.45) is 1.16. The number of nitrogens with one attached hydrogen (secondary N) is 2. The van der Waals surface area contributed by atoms with Gasteiger partial charge in [0.1, 0.15) is 29.9 Å². The van der Waals surface area contributed by atoms with Crippen molar-refractivity contribution < 1.29 is 22.6 Å². The highest BCUT2D eigenvalue weighted by atomic mass is 35.5.